The zero-order valence-electron chi connectivity index (χ0n) is 57.0. The SMILES string of the molecule is CN(c1ccc(-c2ccccc2)cc1)c1ccc(-c2ccccc2)cc1.CN(c1ccc(-c2ccccc2)cc1)c1ccc2ccccc2c1.CN(c1ccc(-c2ccccc2)cc1)c1cccc(-c2ccccc2)c1.CN(c1cccc(-c2ccccc2)c1)c1ccc2ccccc2c1. The number of anilines is 8. The van der Waals surface area contributed by atoms with Crippen molar-refractivity contribution < 1.29 is 0 Å². The van der Waals surface area contributed by atoms with Gasteiger partial charge in [0, 0.05) is 73.7 Å². The monoisotopic (exact) mass is 1290 g/mol. The van der Waals surface area contributed by atoms with E-state index in [0.29, 0.717) is 0 Å². The number of nitrogens with zero attached hydrogens (tertiary/aromatic N) is 4. The van der Waals surface area contributed by atoms with E-state index in [4.69, 9.17) is 0 Å². The first-order valence-electron chi connectivity index (χ1n) is 34.1. The summed E-state index contributed by atoms with van der Waals surface area (Å²) in [5, 5.41) is 5.07. The molecule has 0 aromatic heterocycles. The molecule has 16 aromatic carbocycles. The van der Waals surface area contributed by atoms with Crippen molar-refractivity contribution in [3.05, 3.63) is 413 Å². The molecule has 0 bridgehead atoms. The van der Waals surface area contributed by atoms with Crippen LogP contribution in [-0.2, 0) is 0 Å². The van der Waals surface area contributed by atoms with Crippen molar-refractivity contribution in [1.82, 2.24) is 0 Å². The van der Waals surface area contributed by atoms with Crippen LogP contribution < -0.4 is 19.6 Å². The fraction of sp³-hybridized carbons (Fsp3) is 0.0417. The van der Waals surface area contributed by atoms with Crippen molar-refractivity contribution in [2.24, 2.45) is 0 Å². The van der Waals surface area contributed by atoms with Gasteiger partial charge in [0.05, 0.1) is 0 Å². The normalized spacial score (nSPS) is 10.6. The maximum Gasteiger partial charge on any atom is 0.0414 e. The lowest BCUT2D eigenvalue weighted by molar-refractivity contribution is 1.21. The highest BCUT2D eigenvalue weighted by Crippen LogP contribution is 2.35. The van der Waals surface area contributed by atoms with E-state index in [-0.39, 0.29) is 0 Å². The summed E-state index contributed by atoms with van der Waals surface area (Å²) in [6, 6.07) is 145. The van der Waals surface area contributed by atoms with Crippen molar-refractivity contribution in [3.8, 4) is 66.8 Å². The quantitative estimate of drug-likeness (QED) is 0.108. The van der Waals surface area contributed by atoms with Gasteiger partial charge in [-0.25, -0.2) is 0 Å². The van der Waals surface area contributed by atoms with Gasteiger partial charge in [-0.3, -0.25) is 0 Å². The van der Waals surface area contributed by atoms with E-state index < -0.39 is 0 Å². The van der Waals surface area contributed by atoms with Gasteiger partial charge in [-0.1, -0.05) is 315 Å². The van der Waals surface area contributed by atoms with Crippen LogP contribution in [0.3, 0.4) is 0 Å². The van der Waals surface area contributed by atoms with Crippen LogP contribution in [0, 0.1) is 0 Å². The Hall–Kier alpha value is -12.8. The van der Waals surface area contributed by atoms with E-state index in [1.807, 2.05) is 30.3 Å². The third-order valence-corrected chi connectivity index (χ3v) is 18.4. The number of fused-ring (bicyclic) bond motifs is 2. The molecule has 4 nitrogen and oxygen atoms in total. The second-order valence-electron chi connectivity index (χ2n) is 24.8. The van der Waals surface area contributed by atoms with Gasteiger partial charge in [-0.15, -0.1) is 0 Å². The maximum absolute atomic E-state index is 2.24. The van der Waals surface area contributed by atoms with Crippen molar-refractivity contribution in [3.63, 3.8) is 0 Å². The lowest BCUT2D eigenvalue weighted by Crippen LogP contribution is -2.09. The van der Waals surface area contributed by atoms with Crippen LogP contribution in [0.25, 0.3) is 88.3 Å². The lowest BCUT2D eigenvalue weighted by atomic mass is 10.0. The fourth-order valence-corrected chi connectivity index (χ4v) is 12.4. The molecule has 484 valence electrons. The van der Waals surface area contributed by atoms with E-state index in [1.54, 1.807) is 0 Å². The average Bonchev–Trinajstić information content (AvgIpc) is 0.851. The molecule has 0 saturated heterocycles. The Morgan fingerprint density at radius 1 is 0.120 bits per heavy atom. The predicted octanol–water partition coefficient (Wildman–Crippen LogP) is 26.1. The van der Waals surface area contributed by atoms with E-state index in [2.05, 4.69) is 430 Å². The average molecular weight is 1290 g/mol. The first-order chi connectivity index (χ1) is 49.2. The van der Waals surface area contributed by atoms with Crippen molar-refractivity contribution in [1.29, 1.82) is 0 Å². The number of benzene rings is 16. The summed E-state index contributed by atoms with van der Waals surface area (Å²) < 4.78 is 0. The summed E-state index contributed by atoms with van der Waals surface area (Å²) in [5.41, 5.74) is 24.4. The van der Waals surface area contributed by atoms with Gasteiger partial charge in [0.25, 0.3) is 0 Å². The van der Waals surface area contributed by atoms with Crippen LogP contribution in [0.4, 0.5) is 45.5 Å². The van der Waals surface area contributed by atoms with Crippen LogP contribution in [0.15, 0.2) is 413 Å². The summed E-state index contributed by atoms with van der Waals surface area (Å²) in [5.74, 6) is 0. The molecule has 4 heteroatoms. The molecule has 0 spiro atoms. The maximum atomic E-state index is 2.24. The molecule has 0 saturated carbocycles. The number of hydrogen-bond acceptors (Lipinski definition) is 4. The highest BCUT2D eigenvalue weighted by atomic mass is 15.1. The summed E-state index contributed by atoms with van der Waals surface area (Å²) >= 11 is 0. The molecule has 0 fully saturated rings. The van der Waals surface area contributed by atoms with Gasteiger partial charge in [-0.2, -0.15) is 0 Å². The smallest absolute Gasteiger partial charge is 0.0414 e. The molecule has 0 radical (unpaired) electrons. The Labute approximate surface area is 590 Å². The summed E-state index contributed by atoms with van der Waals surface area (Å²) in [4.78, 5) is 8.89. The van der Waals surface area contributed by atoms with Gasteiger partial charge >= 0.3 is 0 Å². The van der Waals surface area contributed by atoms with Crippen LogP contribution >= 0.6 is 0 Å². The van der Waals surface area contributed by atoms with Gasteiger partial charge in [0.2, 0.25) is 0 Å². The molecular formula is C96H80N4. The second-order valence-corrected chi connectivity index (χ2v) is 24.8. The van der Waals surface area contributed by atoms with Crippen LogP contribution in [0.1, 0.15) is 0 Å². The summed E-state index contributed by atoms with van der Waals surface area (Å²) in [6.45, 7) is 0. The lowest BCUT2D eigenvalue weighted by Gasteiger charge is -2.21. The first kappa shape index (κ1) is 65.9. The minimum Gasteiger partial charge on any atom is -0.345 e. The predicted molar refractivity (Wildman–Crippen MR) is 431 cm³/mol. The third kappa shape index (κ3) is 16.5. The van der Waals surface area contributed by atoms with Gasteiger partial charge in [0.1, 0.15) is 0 Å². The van der Waals surface area contributed by atoms with Crippen molar-refractivity contribution in [2.75, 3.05) is 47.8 Å². The molecule has 0 aliphatic rings. The molecule has 0 unspecified atom stereocenters. The summed E-state index contributed by atoms with van der Waals surface area (Å²) in [6.07, 6.45) is 0. The Bertz CT molecular complexity index is 5100. The molecule has 16 aromatic rings. The van der Waals surface area contributed by atoms with Gasteiger partial charge in [-0.05, 0) is 185 Å². The number of rotatable bonds is 14. The van der Waals surface area contributed by atoms with E-state index in [1.165, 1.54) is 134 Å². The minimum atomic E-state index is 1.18. The molecular weight excluding hydrogens is 1210 g/mol. The topological polar surface area (TPSA) is 13.0 Å². The van der Waals surface area contributed by atoms with Crippen LogP contribution in [0.5, 0.6) is 0 Å². The van der Waals surface area contributed by atoms with Crippen LogP contribution in [0.2, 0.25) is 0 Å². The first-order valence-corrected chi connectivity index (χ1v) is 34.1. The molecule has 16 rings (SSSR count). The van der Waals surface area contributed by atoms with Crippen LogP contribution in [-0.4, -0.2) is 28.2 Å². The molecule has 0 amide bonds. The molecule has 100 heavy (non-hydrogen) atoms. The zero-order valence-corrected chi connectivity index (χ0v) is 57.0. The van der Waals surface area contributed by atoms with Crippen molar-refractivity contribution >= 4 is 67.0 Å². The Balaban J connectivity index is 0.000000120. The highest BCUT2D eigenvalue weighted by Gasteiger charge is 2.12. The minimum absolute atomic E-state index is 1.18. The Morgan fingerprint density at radius 3 is 0.570 bits per heavy atom. The van der Waals surface area contributed by atoms with Gasteiger partial charge in [0.15, 0.2) is 0 Å². The molecule has 0 heterocycles. The largest absolute Gasteiger partial charge is 0.345 e. The molecule has 0 aliphatic carbocycles. The number of hydrogen-bond donors (Lipinski definition) is 0. The Kier molecular flexibility index (Phi) is 21.3. The fourth-order valence-electron chi connectivity index (χ4n) is 12.4. The standard InChI is InChI=1S/2C25H21N.2C23H19N/c1-26(24-17-15-22(16-18-24)20-9-4-2-5-10-20)25-14-8-13-23(19-25)21-11-6-3-7-12-21;1-26(24-16-12-22(13-17-24)20-8-4-2-5-9-20)25-18-14-23(15-19-25)21-10-6-3-7-11-21;1-24(23-15-14-19-10-5-6-11-20(19)17-23)22-13-7-12-21(16-22)18-8-3-2-4-9-18;1-24(23-16-13-19-9-5-6-10-21(19)17-23)22-14-11-20(12-15-22)18-7-3-2-4-8-18/h2*2-19H,1H3;2*2-17H,1H3. The van der Waals surface area contributed by atoms with E-state index >= 15 is 0 Å². The molecule has 0 N–H and O–H groups in total. The van der Waals surface area contributed by atoms with Crippen molar-refractivity contribution in [2.45, 2.75) is 0 Å². The summed E-state index contributed by atoms with van der Waals surface area (Å²) in [7, 11) is 8.45. The third-order valence-electron chi connectivity index (χ3n) is 18.4. The van der Waals surface area contributed by atoms with Gasteiger partial charge < -0.3 is 19.6 Å². The zero-order chi connectivity index (χ0) is 68.2. The van der Waals surface area contributed by atoms with E-state index in [0.717, 1.165) is 0 Å². The second kappa shape index (κ2) is 32.3. The van der Waals surface area contributed by atoms with E-state index in [9.17, 15) is 0 Å². The highest BCUT2D eigenvalue weighted by molar-refractivity contribution is 5.89. The Morgan fingerprint density at radius 2 is 0.300 bits per heavy atom. The molecule has 0 atom stereocenters. The molecule has 0 aliphatic heterocycles.